The van der Waals surface area contributed by atoms with Crippen LogP contribution in [0.5, 0.6) is 0 Å². The van der Waals surface area contributed by atoms with Gasteiger partial charge in [0.2, 0.25) is 0 Å². The maximum atomic E-state index is 3.76. The molecule has 0 bridgehead atoms. The fraction of sp³-hybridized carbons (Fsp3) is 0.889. The molecule has 0 saturated carbocycles. The fourth-order valence-corrected chi connectivity index (χ4v) is 1.10. The standard InChI is InChI=1S/C9H21N2/c1-5-7-11(10-6-2)8-9(3)4/h9-10H,2,5-8H2,1,3-4H3. The smallest absolute Gasteiger partial charge is 0.0154 e. The Labute approximate surface area is 70.9 Å². The summed E-state index contributed by atoms with van der Waals surface area (Å²) in [7, 11) is 0. The van der Waals surface area contributed by atoms with Gasteiger partial charge in [0.25, 0.3) is 0 Å². The van der Waals surface area contributed by atoms with E-state index < -0.39 is 0 Å². The van der Waals surface area contributed by atoms with Gasteiger partial charge in [-0.2, -0.15) is 0 Å². The van der Waals surface area contributed by atoms with Gasteiger partial charge in [-0.05, 0) is 19.3 Å². The van der Waals surface area contributed by atoms with E-state index in [0.29, 0.717) is 0 Å². The summed E-state index contributed by atoms with van der Waals surface area (Å²) in [6.07, 6.45) is 1.19. The lowest BCUT2D eigenvalue weighted by atomic mass is 10.2. The highest BCUT2D eigenvalue weighted by atomic mass is 15.5. The van der Waals surface area contributed by atoms with Crippen molar-refractivity contribution in [2.24, 2.45) is 5.92 Å². The number of hydrazine groups is 1. The normalized spacial score (nSPS) is 11.5. The van der Waals surface area contributed by atoms with Gasteiger partial charge in [0.05, 0.1) is 0 Å². The van der Waals surface area contributed by atoms with Crippen LogP contribution < -0.4 is 5.43 Å². The monoisotopic (exact) mass is 157 g/mol. The lowest BCUT2D eigenvalue weighted by Gasteiger charge is -2.23. The second-order valence-electron chi connectivity index (χ2n) is 3.25. The molecule has 0 fully saturated rings. The van der Waals surface area contributed by atoms with Crippen LogP contribution in [0.25, 0.3) is 0 Å². The Balaban J connectivity index is 3.50. The number of hydrogen-bond donors (Lipinski definition) is 1. The lowest BCUT2D eigenvalue weighted by molar-refractivity contribution is 0.174. The second kappa shape index (κ2) is 6.62. The fourth-order valence-electron chi connectivity index (χ4n) is 1.10. The van der Waals surface area contributed by atoms with Gasteiger partial charge < -0.3 is 0 Å². The molecular weight excluding hydrogens is 136 g/mol. The Morgan fingerprint density at radius 3 is 2.45 bits per heavy atom. The first kappa shape index (κ1) is 10.9. The van der Waals surface area contributed by atoms with Crippen LogP contribution in [0.1, 0.15) is 27.2 Å². The molecule has 0 aliphatic rings. The first-order chi connectivity index (χ1) is 5.20. The molecule has 0 amide bonds. The molecule has 11 heavy (non-hydrogen) atoms. The van der Waals surface area contributed by atoms with Crippen LogP contribution in [-0.4, -0.2) is 24.6 Å². The van der Waals surface area contributed by atoms with Crippen molar-refractivity contribution in [2.75, 3.05) is 19.6 Å². The molecule has 0 spiro atoms. The largest absolute Gasteiger partial charge is 0.255 e. The summed E-state index contributed by atoms with van der Waals surface area (Å²) >= 11 is 0. The average Bonchev–Trinajstić information content (AvgIpc) is 1.87. The molecule has 1 radical (unpaired) electrons. The Kier molecular flexibility index (Phi) is 6.57. The second-order valence-corrected chi connectivity index (χ2v) is 3.25. The number of nitrogens with one attached hydrogen (secondary N) is 1. The van der Waals surface area contributed by atoms with E-state index in [0.717, 1.165) is 25.6 Å². The van der Waals surface area contributed by atoms with Gasteiger partial charge in [0.1, 0.15) is 0 Å². The van der Waals surface area contributed by atoms with Crippen molar-refractivity contribution in [3.05, 3.63) is 6.92 Å². The Morgan fingerprint density at radius 1 is 1.45 bits per heavy atom. The summed E-state index contributed by atoms with van der Waals surface area (Å²) in [5.41, 5.74) is 3.24. The Morgan fingerprint density at radius 2 is 2.09 bits per heavy atom. The van der Waals surface area contributed by atoms with E-state index >= 15 is 0 Å². The molecule has 2 nitrogen and oxygen atoms in total. The van der Waals surface area contributed by atoms with Gasteiger partial charge in [-0.3, -0.25) is 5.43 Å². The summed E-state index contributed by atoms with van der Waals surface area (Å²) in [5, 5.41) is 2.25. The predicted octanol–water partition coefficient (Wildman–Crippen LogP) is 1.69. The van der Waals surface area contributed by atoms with Gasteiger partial charge in [0, 0.05) is 19.6 Å². The highest BCUT2D eigenvalue weighted by molar-refractivity contribution is 4.55. The number of nitrogens with zero attached hydrogens (tertiary/aromatic N) is 1. The summed E-state index contributed by atoms with van der Waals surface area (Å²) in [4.78, 5) is 0. The minimum Gasteiger partial charge on any atom is -0.255 e. The molecular formula is C9H21N2. The van der Waals surface area contributed by atoms with Crippen LogP contribution in [0, 0.1) is 12.8 Å². The van der Waals surface area contributed by atoms with Crippen molar-refractivity contribution >= 4 is 0 Å². The van der Waals surface area contributed by atoms with Gasteiger partial charge in [0.15, 0.2) is 0 Å². The van der Waals surface area contributed by atoms with Crippen molar-refractivity contribution in [1.82, 2.24) is 10.4 Å². The lowest BCUT2D eigenvalue weighted by Crippen LogP contribution is -2.40. The molecule has 0 atom stereocenters. The molecule has 0 aliphatic carbocycles. The van der Waals surface area contributed by atoms with Crippen molar-refractivity contribution in [3.8, 4) is 0 Å². The topological polar surface area (TPSA) is 15.3 Å². The van der Waals surface area contributed by atoms with Crippen molar-refractivity contribution < 1.29 is 0 Å². The van der Waals surface area contributed by atoms with Crippen molar-refractivity contribution in [1.29, 1.82) is 0 Å². The number of hydrogen-bond acceptors (Lipinski definition) is 2. The minimum atomic E-state index is 0.723. The molecule has 0 aliphatic heterocycles. The molecule has 0 saturated heterocycles. The zero-order valence-electron chi connectivity index (χ0n) is 8.06. The average molecular weight is 157 g/mol. The van der Waals surface area contributed by atoms with Crippen LogP contribution in [-0.2, 0) is 0 Å². The summed E-state index contributed by atoms with van der Waals surface area (Å²) in [6.45, 7) is 13.4. The van der Waals surface area contributed by atoms with Crippen molar-refractivity contribution in [3.63, 3.8) is 0 Å². The Bertz CT molecular complexity index is 75.6. The molecule has 2 heteroatoms. The van der Waals surface area contributed by atoms with E-state index in [4.69, 9.17) is 0 Å². The molecule has 67 valence electrons. The van der Waals surface area contributed by atoms with Gasteiger partial charge in [-0.1, -0.05) is 20.8 Å². The van der Waals surface area contributed by atoms with Crippen molar-refractivity contribution in [2.45, 2.75) is 27.2 Å². The predicted molar refractivity (Wildman–Crippen MR) is 50.1 cm³/mol. The number of rotatable bonds is 6. The van der Waals surface area contributed by atoms with E-state index in [-0.39, 0.29) is 0 Å². The molecule has 1 N–H and O–H groups in total. The van der Waals surface area contributed by atoms with Gasteiger partial charge >= 0.3 is 0 Å². The molecule has 0 aromatic heterocycles. The summed E-state index contributed by atoms with van der Waals surface area (Å²) < 4.78 is 0. The zero-order chi connectivity index (χ0) is 8.69. The molecule has 0 aromatic carbocycles. The minimum absolute atomic E-state index is 0.723. The highest BCUT2D eigenvalue weighted by Crippen LogP contribution is 1.95. The van der Waals surface area contributed by atoms with Crippen LogP contribution in [0.2, 0.25) is 0 Å². The quantitative estimate of drug-likeness (QED) is 0.590. The maximum absolute atomic E-state index is 3.76. The summed E-state index contributed by atoms with van der Waals surface area (Å²) in [6, 6.07) is 0. The SMILES string of the molecule is [CH2]CNN(CCC)CC(C)C. The molecule has 0 heterocycles. The van der Waals surface area contributed by atoms with E-state index in [1.807, 2.05) is 0 Å². The third-order valence-electron chi connectivity index (χ3n) is 1.41. The third-order valence-corrected chi connectivity index (χ3v) is 1.41. The van der Waals surface area contributed by atoms with Crippen LogP contribution in [0.4, 0.5) is 0 Å². The van der Waals surface area contributed by atoms with Gasteiger partial charge in [-0.15, -0.1) is 0 Å². The zero-order valence-corrected chi connectivity index (χ0v) is 8.06. The highest BCUT2D eigenvalue weighted by Gasteiger charge is 2.03. The third kappa shape index (κ3) is 6.32. The maximum Gasteiger partial charge on any atom is 0.0154 e. The Hall–Kier alpha value is -0.0800. The van der Waals surface area contributed by atoms with E-state index in [2.05, 4.69) is 38.1 Å². The first-order valence-electron chi connectivity index (χ1n) is 4.48. The summed E-state index contributed by atoms with van der Waals surface area (Å²) in [5.74, 6) is 0.723. The molecule has 0 rings (SSSR count). The van der Waals surface area contributed by atoms with Crippen LogP contribution in [0.3, 0.4) is 0 Å². The molecule has 0 unspecified atom stereocenters. The van der Waals surface area contributed by atoms with E-state index in [1.54, 1.807) is 0 Å². The van der Waals surface area contributed by atoms with Crippen LogP contribution in [0.15, 0.2) is 0 Å². The van der Waals surface area contributed by atoms with Gasteiger partial charge in [-0.25, -0.2) is 5.01 Å². The first-order valence-corrected chi connectivity index (χ1v) is 4.48. The van der Waals surface area contributed by atoms with Crippen LogP contribution >= 0.6 is 0 Å². The van der Waals surface area contributed by atoms with E-state index in [9.17, 15) is 0 Å². The van der Waals surface area contributed by atoms with E-state index in [1.165, 1.54) is 6.42 Å². The molecule has 0 aromatic rings.